The summed E-state index contributed by atoms with van der Waals surface area (Å²) in [5.74, 6) is 0.511. The van der Waals surface area contributed by atoms with Crippen molar-refractivity contribution < 1.29 is 24.2 Å². The van der Waals surface area contributed by atoms with Gasteiger partial charge in [-0.3, -0.25) is 4.79 Å². The molecule has 0 radical (unpaired) electrons. The van der Waals surface area contributed by atoms with Gasteiger partial charge in [0.15, 0.2) is 0 Å². The molecule has 0 bridgehead atoms. The van der Waals surface area contributed by atoms with E-state index in [-0.39, 0.29) is 36.9 Å². The highest BCUT2D eigenvalue weighted by Crippen LogP contribution is 2.44. The Hall–Kier alpha value is -4.71. The minimum atomic E-state index is -1.24. The molecule has 0 saturated heterocycles. The molecule has 1 aliphatic rings. The molecule has 9 nitrogen and oxygen atoms in total. The van der Waals surface area contributed by atoms with Gasteiger partial charge in [0.1, 0.15) is 18.5 Å². The summed E-state index contributed by atoms with van der Waals surface area (Å²) < 4.78 is 5.47. The normalized spacial score (nSPS) is 12.5. The molecule has 1 aromatic heterocycles. The Bertz CT molecular complexity index is 1250. The van der Waals surface area contributed by atoms with E-state index in [2.05, 4.69) is 38.7 Å². The number of carbonyl (C=O) groups excluding carboxylic acids is 2. The zero-order chi connectivity index (χ0) is 24.8. The summed E-state index contributed by atoms with van der Waals surface area (Å²) in [5.41, 5.74) is 4.59. The van der Waals surface area contributed by atoms with E-state index in [0.717, 1.165) is 22.3 Å². The van der Waals surface area contributed by atoms with Gasteiger partial charge in [-0.2, -0.15) is 0 Å². The number of ether oxygens (including phenoxy) is 1. The smallest absolute Gasteiger partial charge is 0.407 e. The fourth-order valence-corrected chi connectivity index (χ4v) is 3.92. The van der Waals surface area contributed by atoms with Gasteiger partial charge in [-0.05, 0) is 22.3 Å². The average molecular weight is 470 g/mol. The van der Waals surface area contributed by atoms with Crippen molar-refractivity contribution in [2.24, 2.45) is 0 Å². The van der Waals surface area contributed by atoms with E-state index in [0.29, 0.717) is 0 Å². The molecule has 2 amide bonds. The first-order valence-electron chi connectivity index (χ1n) is 10.8. The number of nitrogens with one attached hydrogen (secondary N) is 2. The van der Waals surface area contributed by atoms with Gasteiger partial charge in [0.2, 0.25) is 0 Å². The van der Waals surface area contributed by atoms with Crippen LogP contribution in [0.4, 0.5) is 4.79 Å². The van der Waals surface area contributed by atoms with Gasteiger partial charge in [-0.25, -0.2) is 19.6 Å². The number of aromatic nitrogens is 2. The van der Waals surface area contributed by atoms with Gasteiger partial charge in [0.05, 0.1) is 12.1 Å². The maximum atomic E-state index is 12.3. The fourth-order valence-electron chi connectivity index (χ4n) is 3.92. The third-order valence-electron chi connectivity index (χ3n) is 5.63. The Morgan fingerprint density at radius 1 is 1.03 bits per heavy atom. The van der Waals surface area contributed by atoms with Crippen LogP contribution in [-0.4, -0.2) is 45.7 Å². The Kier molecular flexibility index (Phi) is 7.02. The highest BCUT2D eigenvalue weighted by atomic mass is 16.5. The van der Waals surface area contributed by atoms with Crippen molar-refractivity contribution in [3.63, 3.8) is 0 Å². The lowest BCUT2D eigenvalue weighted by molar-refractivity contribution is -0.139. The van der Waals surface area contributed by atoms with E-state index in [1.165, 1.54) is 12.4 Å². The van der Waals surface area contributed by atoms with E-state index in [1.807, 2.05) is 36.4 Å². The predicted molar refractivity (Wildman–Crippen MR) is 126 cm³/mol. The number of aliphatic carboxylic acids is 1. The van der Waals surface area contributed by atoms with Crippen molar-refractivity contribution in [3.05, 3.63) is 83.4 Å². The lowest BCUT2D eigenvalue weighted by Crippen LogP contribution is -2.40. The van der Waals surface area contributed by atoms with Gasteiger partial charge in [0, 0.05) is 24.7 Å². The van der Waals surface area contributed by atoms with Crippen LogP contribution in [0.5, 0.6) is 0 Å². The van der Waals surface area contributed by atoms with E-state index in [1.54, 1.807) is 0 Å². The van der Waals surface area contributed by atoms with Crippen LogP contribution >= 0.6 is 0 Å². The zero-order valence-electron chi connectivity index (χ0n) is 18.6. The maximum absolute atomic E-state index is 12.3. The molecule has 1 unspecified atom stereocenters. The fraction of sp³-hybridized carbons (Fsp3) is 0.192. The molecule has 0 fully saturated rings. The molecular formula is C26H22N4O5. The number of nitrogens with zero attached hydrogens (tertiary/aromatic N) is 2. The molecule has 176 valence electrons. The van der Waals surface area contributed by atoms with Gasteiger partial charge >= 0.3 is 12.1 Å². The average Bonchev–Trinajstić information content (AvgIpc) is 3.20. The lowest BCUT2D eigenvalue weighted by atomic mass is 9.98. The Morgan fingerprint density at radius 2 is 1.63 bits per heavy atom. The van der Waals surface area contributed by atoms with Crippen molar-refractivity contribution in [2.75, 3.05) is 6.61 Å². The number of benzene rings is 2. The van der Waals surface area contributed by atoms with Gasteiger partial charge in [0.25, 0.3) is 5.91 Å². The summed E-state index contributed by atoms with van der Waals surface area (Å²) >= 11 is 0. The molecule has 1 atom stereocenters. The largest absolute Gasteiger partial charge is 0.480 e. The molecule has 4 rings (SSSR count). The van der Waals surface area contributed by atoms with Crippen molar-refractivity contribution in [2.45, 2.75) is 24.9 Å². The van der Waals surface area contributed by atoms with Crippen LogP contribution in [0.3, 0.4) is 0 Å². The van der Waals surface area contributed by atoms with Crippen molar-refractivity contribution in [1.82, 2.24) is 20.6 Å². The molecule has 0 saturated carbocycles. The molecule has 2 aromatic carbocycles. The number of alkyl carbamates (subject to hydrolysis) is 1. The molecule has 1 heterocycles. The first-order chi connectivity index (χ1) is 17.0. The number of fused-ring (bicyclic) bond motifs is 3. The second-order valence-corrected chi connectivity index (χ2v) is 7.84. The van der Waals surface area contributed by atoms with Gasteiger partial charge < -0.3 is 20.5 Å². The number of carboxylic acids is 1. The lowest BCUT2D eigenvalue weighted by Gasteiger charge is -2.14. The van der Waals surface area contributed by atoms with E-state index >= 15 is 0 Å². The first-order valence-corrected chi connectivity index (χ1v) is 10.8. The number of hydrogen-bond donors (Lipinski definition) is 3. The second-order valence-electron chi connectivity index (χ2n) is 7.84. The molecule has 9 heteroatoms. The third-order valence-corrected chi connectivity index (χ3v) is 5.63. The van der Waals surface area contributed by atoms with Crippen molar-refractivity contribution in [1.29, 1.82) is 0 Å². The molecule has 3 N–H and O–H groups in total. The van der Waals surface area contributed by atoms with E-state index in [4.69, 9.17) is 16.3 Å². The van der Waals surface area contributed by atoms with Crippen LogP contribution in [0.1, 0.15) is 39.6 Å². The predicted octanol–water partition coefficient (Wildman–Crippen LogP) is 2.72. The summed E-state index contributed by atoms with van der Waals surface area (Å²) in [6.07, 6.45) is 6.84. The topological polar surface area (TPSA) is 131 Å². The third kappa shape index (κ3) is 5.28. The van der Waals surface area contributed by atoms with Crippen LogP contribution in [0.2, 0.25) is 0 Å². The monoisotopic (exact) mass is 470 g/mol. The number of carbonyl (C=O) groups is 3. The van der Waals surface area contributed by atoms with Gasteiger partial charge in [-0.15, -0.1) is 12.3 Å². The quantitative estimate of drug-likeness (QED) is 0.432. The zero-order valence-corrected chi connectivity index (χ0v) is 18.6. The standard InChI is InChI=1S/C26H22N4O5/c1-2-7-22(25(32)33)30-24(31)16-12-27-23(28-13-16)14-29-26(34)35-15-21-19-10-5-3-8-17(19)18-9-4-6-11-20(18)21/h1,3-6,8-13,21-22H,7,14-15H2,(H,29,34)(H,30,31)(H,32,33). The molecule has 0 aliphatic heterocycles. The molecule has 3 aromatic rings. The molecular weight excluding hydrogens is 448 g/mol. The number of carboxylic acid groups (broad SMARTS) is 1. The van der Waals surface area contributed by atoms with Crippen molar-refractivity contribution in [3.8, 4) is 23.5 Å². The summed E-state index contributed by atoms with van der Waals surface area (Å²) in [7, 11) is 0. The van der Waals surface area contributed by atoms with Crippen LogP contribution in [0, 0.1) is 12.3 Å². The van der Waals surface area contributed by atoms with E-state index < -0.39 is 24.0 Å². The van der Waals surface area contributed by atoms with Crippen molar-refractivity contribution >= 4 is 18.0 Å². The highest BCUT2D eigenvalue weighted by Gasteiger charge is 2.29. The Balaban J connectivity index is 1.30. The van der Waals surface area contributed by atoms with E-state index in [9.17, 15) is 14.4 Å². The summed E-state index contributed by atoms with van der Waals surface area (Å²) in [6.45, 7) is 0.176. The Morgan fingerprint density at radius 3 is 2.20 bits per heavy atom. The first kappa shape index (κ1) is 23.4. The number of terminal acetylenes is 1. The van der Waals surface area contributed by atoms with Gasteiger partial charge in [-0.1, -0.05) is 48.5 Å². The summed E-state index contributed by atoms with van der Waals surface area (Å²) in [5, 5.41) is 14.0. The molecule has 35 heavy (non-hydrogen) atoms. The number of rotatable bonds is 8. The summed E-state index contributed by atoms with van der Waals surface area (Å²) in [4.78, 5) is 43.7. The summed E-state index contributed by atoms with van der Waals surface area (Å²) in [6, 6.07) is 14.9. The Labute approximate surface area is 201 Å². The number of hydrogen-bond acceptors (Lipinski definition) is 6. The molecule has 0 spiro atoms. The SMILES string of the molecule is C#CCC(NC(=O)c1cnc(CNC(=O)OCC2c3ccccc3-c3ccccc32)nc1)C(=O)O. The second kappa shape index (κ2) is 10.5. The minimum Gasteiger partial charge on any atom is -0.480 e. The van der Waals surface area contributed by atoms with Crippen LogP contribution in [0.25, 0.3) is 11.1 Å². The molecule has 1 aliphatic carbocycles. The maximum Gasteiger partial charge on any atom is 0.407 e. The number of amides is 2. The van der Waals surface area contributed by atoms with Crippen LogP contribution in [0.15, 0.2) is 60.9 Å². The van der Waals surface area contributed by atoms with Crippen LogP contribution < -0.4 is 10.6 Å². The van der Waals surface area contributed by atoms with Crippen LogP contribution in [-0.2, 0) is 16.1 Å². The highest BCUT2D eigenvalue weighted by molar-refractivity contribution is 5.96. The minimum absolute atomic E-state index is 0.00653.